The van der Waals surface area contributed by atoms with Crippen LogP contribution in [-0.4, -0.2) is 96.6 Å². The van der Waals surface area contributed by atoms with Gasteiger partial charge in [-0.05, 0) is 37.4 Å². The van der Waals surface area contributed by atoms with Gasteiger partial charge in [0.05, 0.1) is 25.1 Å². The molecule has 2 amide bonds. The van der Waals surface area contributed by atoms with E-state index >= 15 is 0 Å². The summed E-state index contributed by atoms with van der Waals surface area (Å²) in [6, 6.07) is 10.4. The minimum atomic E-state index is -1.01. The quantitative estimate of drug-likeness (QED) is 0.560. The van der Waals surface area contributed by atoms with Crippen LogP contribution in [0.15, 0.2) is 42.6 Å². The lowest BCUT2D eigenvalue weighted by Gasteiger charge is -2.43. The molecule has 2 aliphatic heterocycles. The molecule has 2 aliphatic rings. The van der Waals surface area contributed by atoms with E-state index in [0.717, 1.165) is 13.1 Å². The maximum absolute atomic E-state index is 13.3. The molecule has 0 saturated carbocycles. The van der Waals surface area contributed by atoms with Crippen molar-refractivity contribution in [3.8, 4) is 5.75 Å². The van der Waals surface area contributed by atoms with Crippen molar-refractivity contribution in [2.24, 2.45) is 0 Å². The summed E-state index contributed by atoms with van der Waals surface area (Å²) in [5.74, 6) is 0.304. The first kappa shape index (κ1) is 24.7. The van der Waals surface area contributed by atoms with Crippen molar-refractivity contribution in [1.29, 1.82) is 0 Å². The number of rotatable bonds is 6. The summed E-state index contributed by atoms with van der Waals surface area (Å²) in [4.78, 5) is 36.2. The molecule has 0 N–H and O–H groups in total. The van der Waals surface area contributed by atoms with Crippen LogP contribution in [0, 0.1) is 0 Å². The molecule has 1 atom stereocenters. The predicted octanol–water partition coefficient (Wildman–Crippen LogP) is 2.84. The number of halogens is 2. The van der Waals surface area contributed by atoms with Gasteiger partial charge in [0.1, 0.15) is 23.1 Å². The standard InChI is InChI=1S/C24H28Cl2N4O4/c1-28-8-10-29(11-9-28)21(31)15-24(17-33-19-5-2-4-18(25)14-19)16-30(12-13-34-24)23(32)20-6-3-7-27-22(20)26/h2-7,14H,8-13,15-17H2,1H3. The van der Waals surface area contributed by atoms with Crippen LogP contribution in [0.1, 0.15) is 16.8 Å². The van der Waals surface area contributed by atoms with Gasteiger partial charge in [-0.3, -0.25) is 9.59 Å². The van der Waals surface area contributed by atoms with Crippen molar-refractivity contribution < 1.29 is 19.1 Å². The van der Waals surface area contributed by atoms with E-state index in [2.05, 4.69) is 9.88 Å². The maximum atomic E-state index is 13.3. The third-order valence-electron chi connectivity index (χ3n) is 6.15. The number of aromatic nitrogens is 1. The summed E-state index contributed by atoms with van der Waals surface area (Å²) in [6.07, 6.45) is 1.64. The molecule has 1 aromatic carbocycles. The zero-order valence-corrected chi connectivity index (χ0v) is 20.6. The van der Waals surface area contributed by atoms with Crippen LogP contribution in [-0.2, 0) is 9.53 Å². The average Bonchev–Trinajstić information content (AvgIpc) is 2.83. The van der Waals surface area contributed by atoms with Crippen molar-refractivity contribution in [2.75, 3.05) is 59.5 Å². The highest BCUT2D eigenvalue weighted by Gasteiger charge is 2.43. The number of amides is 2. The van der Waals surface area contributed by atoms with Gasteiger partial charge < -0.3 is 24.2 Å². The van der Waals surface area contributed by atoms with Crippen LogP contribution in [0.25, 0.3) is 0 Å². The molecule has 182 valence electrons. The van der Waals surface area contributed by atoms with Crippen molar-refractivity contribution in [3.05, 3.63) is 58.3 Å². The molecular formula is C24H28Cl2N4O4. The lowest BCUT2D eigenvalue weighted by atomic mass is 9.96. The Kier molecular flexibility index (Phi) is 7.93. The number of pyridine rings is 1. The number of morpholine rings is 1. The van der Waals surface area contributed by atoms with E-state index in [-0.39, 0.29) is 43.1 Å². The lowest BCUT2D eigenvalue weighted by Crippen LogP contribution is -2.59. The van der Waals surface area contributed by atoms with Gasteiger partial charge in [0, 0.05) is 43.9 Å². The zero-order valence-electron chi connectivity index (χ0n) is 19.1. The Bertz CT molecular complexity index is 1030. The SMILES string of the molecule is CN1CCN(C(=O)CC2(COc3cccc(Cl)c3)CN(C(=O)c3cccnc3Cl)CCO2)CC1. The lowest BCUT2D eigenvalue weighted by molar-refractivity contribution is -0.154. The molecule has 1 unspecified atom stereocenters. The topological polar surface area (TPSA) is 75.2 Å². The van der Waals surface area contributed by atoms with Crippen LogP contribution in [0.5, 0.6) is 5.75 Å². The molecule has 2 aromatic rings. The van der Waals surface area contributed by atoms with E-state index in [0.29, 0.717) is 36.0 Å². The van der Waals surface area contributed by atoms with Crippen LogP contribution < -0.4 is 4.74 Å². The Hall–Kier alpha value is -2.39. The molecule has 3 heterocycles. The highest BCUT2D eigenvalue weighted by atomic mass is 35.5. The third-order valence-corrected chi connectivity index (χ3v) is 6.69. The van der Waals surface area contributed by atoms with E-state index in [1.54, 1.807) is 41.3 Å². The Balaban J connectivity index is 1.54. The van der Waals surface area contributed by atoms with Gasteiger partial charge in [-0.25, -0.2) is 4.98 Å². The van der Waals surface area contributed by atoms with E-state index in [1.807, 2.05) is 11.9 Å². The first-order valence-electron chi connectivity index (χ1n) is 11.2. The first-order chi connectivity index (χ1) is 16.3. The van der Waals surface area contributed by atoms with Gasteiger partial charge in [0.25, 0.3) is 5.91 Å². The number of hydrogen-bond donors (Lipinski definition) is 0. The second-order valence-corrected chi connectivity index (χ2v) is 9.50. The van der Waals surface area contributed by atoms with Gasteiger partial charge in [0.15, 0.2) is 0 Å². The number of benzene rings is 1. The Morgan fingerprint density at radius 1 is 1.09 bits per heavy atom. The summed E-state index contributed by atoms with van der Waals surface area (Å²) < 4.78 is 12.2. The largest absolute Gasteiger partial charge is 0.490 e. The van der Waals surface area contributed by atoms with Crippen LogP contribution >= 0.6 is 23.2 Å². The summed E-state index contributed by atoms with van der Waals surface area (Å²) in [6.45, 7) is 3.91. The van der Waals surface area contributed by atoms with Crippen molar-refractivity contribution >= 4 is 35.0 Å². The van der Waals surface area contributed by atoms with Gasteiger partial charge >= 0.3 is 0 Å². The predicted molar refractivity (Wildman–Crippen MR) is 129 cm³/mol. The fraction of sp³-hybridized carbons (Fsp3) is 0.458. The van der Waals surface area contributed by atoms with Crippen LogP contribution in [0.4, 0.5) is 0 Å². The van der Waals surface area contributed by atoms with Crippen molar-refractivity contribution in [2.45, 2.75) is 12.0 Å². The summed E-state index contributed by atoms with van der Waals surface area (Å²) in [7, 11) is 2.04. The molecule has 0 spiro atoms. The molecule has 2 fully saturated rings. The molecule has 2 saturated heterocycles. The Labute approximate surface area is 209 Å². The molecule has 34 heavy (non-hydrogen) atoms. The van der Waals surface area contributed by atoms with Crippen LogP contribution in [0.3, 0.4) is 0 Å². The second-order valence-electron chi connectivity index (χ2n) is 8.71. The summed E-state index contributed by atoms with van der Waals surface area (Å²) in [5.41, 5.74) is -0.688. The molecule has 0 bridgehead atoms. The first-order valence-corrected chi connectivity index (χ1v) is 12.0. The van der Waals surface area contributed by atoms with E-state index in [4.69, 9.17) is 32.7 Å². The normalized spacial score (nSPS) is 21.4. The average molecular weight is 507 g/mol. The molecule has 1 aromatic heterocycles. The Morgan fingerprint density at radius 3 is 2.62 bits per heavy atom. The fourth-order valence-corrected chi connectivity index (χ4v) is 4.57. The minimum Gasteiger partial charge on any atom is -0.490 e. The second kappa shape index (κ2) is 10.9. The molecule has 8 nitrogen and oxygen atoms in total. The number of likely N-dealkylation sites (N-methyl/N-ethyl adjacent to an activating group) is 1. The monoisotopic (exact) mass is 506 g/mol. The minimum absolute atomic E-state index is 0.0171. The highest BCUT2D eigenvalue weighted by molar-refractivity contribution is 6.32. The maximum Gasteiger partial charge on any atom is 0.257 e. The van der Waals surface area contributed by atoms with E-state index in [9.17, 15) is 9.59 Å². The molecule has 0 aliphatic carbocycles. The number of piperazine rings is 1. The van der Waals surface area contributed by atoms with Crippen molar-refractivity contribution in [1.82, 2.24) is 19.7 Å². The van der Waals surface area contributed by atoms with E-state index < -0.39 is 5.60 Å². The van der Waals surface area contributed by atoms with Gasteiger partial charge in [0.2, 0.25) is 5.91 Å². The zero-order chi connectivity index (χ0) is 24.1. The number of ether oxygens (including phenoxy) is 2. The highest BCUT2D eigenvalue weighted by Crippen LogP contribution is 2.28. The van der Waals surface area contributed by atoms with Crippen LogP contribution in [0.2, 0.25) is 10.2 Å². The fourth-order valence-electron chi connectivity index (χ4n) is 4.19. The van der Waals surface area contributed by atoms with Crippen molar-refractivity contribution in [3.63, 3.8) is 0 Å². The number of carbonyl (C=O) groups excluding carboxylic acids is 2. The number of nitrogens with zero attached hydrogens (tertiary/aromatic N) is 4. The van der Waals surface area contributed by atoms with Gasteiger partial charge in [-0.1, -0.05) is 29.3 Å². The molecule has 4 rings (SSSR count). The Morgan fingerprint density at radius 2 is 1.88 bits per heavy atom. The summed E-state index contributed by atoms with van der Waals surface area (Å²) in [5, 5.41) is 0.695. The molecule has 0 radical (unpaired) electrons. The van der Waals surface area contributed by atoms with Gasteiger partial charge in [-0.15, -0.1) is 0 Å². The number of carbonyl (C=O) groups is 2. The smallest absolute Gasteiger partial charge is 0.257 e. The third kappa shape index (κ3) is 5.99. The molecule has 10 heteroatoms. The molecular weight excluding hydrogens is 479 g/mol. The van der Waals surface area contributed by atoms with E-state index in [1.165, 1.54) is 6.20 Å². The summed E-state index contributed by atoms with van der Waals surface area (Å²) >= 11 is 12.3. The van der Waals surface area contributed by atoms with Gasteiger partial charge in [-0.2, -0.15) is 0 Å². The number of hydrogen-bond acceptors (Lipinski definition) is 6.